The maximum atomic E-state index is 13.4. The van der Waals surface area contributed by atoms with E-state index in [1.54, 1.807) is 41.5 Å². The average Bonchev–Trinajstić information content (AvgIpc) is 3.21. The van der Waals surface area contributed by atoms with Gasteiger partial charge in [-0.25, -0.2) is 9.59 Å². The fraction of sp³-hybridized carbons (Fsp3) is 0.784. The van der Waals surface area contributed by atoms with Gasteiger partial charge >= 0.3 is 35.8 Å². The van der Waals surface area contributed by atoms with Gasteiger partial charge in [-0.1, -0.05) is 69.2 Å². The van der Waals surface area contributed by atoms with Crippen LogP contribution < -0.4 is 0 Å². The highest BCUT2D eigenvalue weighted by Crippen LogP contribution is 2.53. The fourth-order valence-corrected chi connectivity index (χ4v) is 6.07. The van der Waals surface area contributed by atoms with Gasteiger partial charge in [-0.05, 0) is 17.8 Å². The molecular weight excluding hydrogens is 684 g/mol. The smallest absolute Gasteiger partial charge is 0.348 e. The Morgan fingerprint density at radius 1 is 0.731 bits per heavy atom. The van der Waals surface area contributed by atoms with Gasteiger partial charge in [0.15, 0.2) is 0 Å². The van der Waals surface area contributed by atoms with E-state index in [9.17, 15) is 39.0 Å². The van der Waals surface area contributed by atoms with Crippen molar-refractivity contribution in [3.8, 4) is 0 Å². The summed E-state index contributed by atoms with van der Waals surface area (Å²) in [5.74, 6) is -7.62. The summed E-state index contributed by atoms with van der Waals surface area (Å²) >= 11 is 0. The molecule has 0 aromatic heterocycles. The Balaban J connectivity index is 2.50. The van der Waals surface area contributed by atoms with E-state index in [1.807, 2.05) is 27.7 Å². The molecule has 0 spiro atoms. The van der Waals surface area contributed by atoms with Crippen LogP contribution in [0.1, 0.15) is 102 Å². The monoisotopic (exact) mass is 742 g/mol. The summed E-state index contributed by atoms with van der Waals surface area (Å²) in [5, 5.41) is 24.7. The van der Waals surface area contributed by atoms with Gasteiger partial charge in [-0.15, -0.1) is 0 Å². The summed E-state index contributed by atoms with van der Waals surface area (Å²) in [6.07, 6.45) is -5.34. The van der Waals surface area contributed by atoms with Gasteiger partial charge in [0.1, 0.15) is 36.4 Å². The summed E-state index contributed by atoms with van der Waals surface area (Å²) in [6.45, 7) is 16.9. The van der Waals surface area contributed by atoms with Crippen molar-refractivity contribution in [1.29, 1.82) is 0 Å². The van der Waals surface area contributed by atoms with E-state index in [1.165, 1.54) is 0 Å². The van der Waals surface area contributed by atoms with Crippen LogP contribution in [0.25, 0.3) is 0 Å². The van der Waals surface area contributed by atoms with Gasteiger partial charge in [0.2, 0.25) is 12.2 Å². The highest BCUT2D eigenvalue weighted by molar-refractivity contribution is 5.80. The standard InChI is InChI=1S/C37H58O15/c1-19(2)12-27(39)50-26-15-36(44)25(16-46-33(42)30(22(7)8)51-28(40)13-20(3)4)17-47-35(49-24(11)38)32(36)37(26,45)18-48-34(43)31(23(9)10)52-29(41)14-21(5)6/h17,19-23,26,30-32,35,44-45H,12-16,18H2,1-11H3/t26-,30+,31+,32+,35+,36+,37+/m1/s1. The molecule has 15 nitrogen and oxygen atoms in total. The summed E-state index contributed by atoms with van der Waals surface area (Å²) in [5.41, 5.74) is -4.80. The van der Waals surface area contributed by atoms with Crippen molar-refractivity contribution in [3.05, 3.63) is 11.8 Å². The zero-order valence-corrected chi connectivity index (χ0v) is 32.3. The van der Waals surface area contributed by atoms with Crippen molar-refractivity contribution in [1.82, 2.24) is 0 Å². The average molecular weight is 743 g/mol. The van der Waals surface area contributed by atoms with Crippen LogP contribution in [-0.4, -0.2) is 95.0 Å². The van der Waals surface area contributed by atoms with E-state index in [-0.39, 0.29) is 42.6 Å². The van der Waals surface area contributed by atoms with Crippen molar-refractivity contribution in [2.24, 2.45) is 35.5 Å². The molecule has 0 aromatic rings. The number of rotatable bonds is 18. The van der Waals surface area contributed by atoms with E-state index < -0.39 is 109 Å². The number of hydrogen-bond acceptors (Lipinski definition) is 15. The van der Waals surface area contributed by atoms with Gasteiger partial charge in [0.05, 0.1) is 6.26 Å². The number of carbonyl (C=O) groups excluding carboxylic acids is 6. The lowest BCUT2D eigenvalue weighted by molar-refractivity contribution is -0.241. The first-order chi connectivity index (χ1) is 24.0. The molecule has 2 aliphatic rings. The lowest BCUT2D eigenvalue weighted by Crippen LogP contribution is -2.60. The third-order valence-corrected chi connectivity index (χ3v) is 8.57. The van der Waals surface area contributed by atoms with Crippen LogP contribution >= 0.6 is 0 Å². The van der Waals surface area contributed by atoms with Crippen molar-refractivity contribution in [2.45, 2.75) is 138 Å². The van der Waals surface area contributed by atoms with Gasteiger partial charge in [-0.2, -0.15) is 0 Å². The lowest BCUT2D eigenvalue weighted by atomic mass is 9.77. The van der Waals surface area contributed by atoms with E-state index in [0.717, 1.165) is 13.2 Å². The van der Waals surface area contributed by atoms with Crippen molar-refractivity contribution in [2.75, 3.05) is 13.2 Å². The second-order valence-corrected chi connectivity index (χ2v) is 15.7. The van der Waals surface area contributed by atoms with Crippen LogP contribution in [0, 0.1) is 35.5 Å². The third-order valence-electron chi connectivity index (χ3n) is 8.57. The molecule has 0 amide bonds. The molecule has 0 aromatic carbocycles. The Morgan fingerprint density at radius 3 is 1.63 bits per heavy atom. The quantitative estimate of drug-likeness (QED) is 0.152. The number of aliphatic hydroxyl groups is 2. The molecule has 0 unspecified atom stereocenters. The zero-order chi connectivity index (χ0) is 39.7. The van der Waals surface area contributed by atoms with Gasteiger partial charge in [0.25, 0.3) is 6.29 Å². The molecule has 15 heteroatoms. The second kappa shape index (κ2) is 18.9. The number of carbonyl (C=O) groups is 6. The lowest BCUT2D eigenvalue weighted by Gasteiger charge is -2.43. The number of fused-ring (bicyclic) bond motifs is 1. The van der Waals surface area contributed by atoms with Crippen LogP contribution in [-0.2, 0) is 61.9 Å². The molecule has 1 aliphatic heterocycles. The Morgan fingerprint density at radius 2 is 1.19 bits per heavy atom. The predicted octanol–water partition coefficient (Wildman–Crippen LogP) is 3.54. The zero-order valence-electron chi connectivity index (χ0n) is 32.3. The molecule has 2 N–H and O–H groups in total. The SMILES string of the molecule is CC(=O)O[C@@H]1OC=C(COC(=O)[C@@H](OC(=O)CC(C)C)C(C)C)[C@@]2(O)C[C@@H](OC(=O)CC(C)C)[C@@](O)(COC(=O)[C@@H](OC(=O)CC(C)C)C(C)C)[C@@H]12. The highest BCUT2D eigenvalue weighted by atomic mass is 16.7. The first-order valence-corrected chi connectivity index (χ1v) is 17.9. The number of esters is 6. The predicted molar refractivity (Wildman–Crippen MR) is 182 cm³/mol. The van der Waals surface area contributed by atoms with Crippen LogP contribution in [0.5, 0.6) is 0 Å². The molecule has 7 atom stereocenters. The van der Waals surface area contributed by atoms with Crippen molar-refractivity contribution >= 4 is 35.8 Å². The Kier molecular flexibility index (Phi) is 16.1. The van der Waals surface area contributed by atoms with Gasteiger partial charge in [0, 0.05) is 50.0 Å². The largest absolute Gasteiger partial charge is 0.462 e. The fourth-order valence-electron chi connectivity index (χ4n) is 6.07. The molecule has 296 valence electrons. The summed E-state index contributed by atoms with van der Waals surface area (Å²) in [6, 6.07) is 0. The minimum Gasteiger partial charge on any atom is -0.462 e. The van der Waals surface area contributed by atoms with Gasteiger partial charge in [-0.3, -0.25) is 19.2 Å². The first-order valence-electron chi connectivity index (χ1n) is 17.9. The third kappa shape index (κ3) is 11.9. The molecule has 1 heterocycles. The highest BCUT2D eigenvalue weighted by Gasteiger charge is 2.70. The van der Waals surface area contributed by atoms with Crippen LogP contribution in [0.4, 0.5) is 0 Å². The summed E-state index contributed by atoms with van der Waals surface area (Å²) in [7, 11) is 0. The Bertz CT molecular complexity index is 1320. The number of hydrogen-bond donors (Lipinski definition) is 2. The molecule has 0 radical (unpaired) electrons. The molecule has 0 bridgehead atoms. The van der Waals surface area contributed by atoms with Crippen molar-refractivity contribution in [3.63, 3.8) is 0 Å². The van der Waals surface area contributed by atoms with Gasteiger partial charge < -0.3 is 43.4 Å². The van der Waals surface area contributed by atoms with Crippen LogP contribution in [0.3, 0.4) is 0 Å². The first kappa shape index (κ1) is 44.4. The molecular formula is C37H58O15. The Labute approximate surface area is 306 Å². The van der Waals surface area contributed by atoms with Crippen LogP contribution in [0.15, 0.2) is 11.8 Å². The van der Waals surface area contributed by atoms with E-state index in [2.05, 4.69) is 0 Å². The minimum atomic E-state index is -2.46. The summed E-state index contributed by atoms with van der Waals surface area (Å²) < 4.78 is 38.6. The summed E-state index contributed by atoms with van der Waals surface area (Å²) in [4.78, 5) is 76.6. The second-order valence-electron chi connectivity index (χ2n) is 15.7. The molecule has 1 aliphatic carbocycles. The molecule has 0 saturated heterocycles. The van der Waals surface area contributed by atoms with E-state index in [0.29, 0.717) is 0 Å². The topological polar surface area (TPSA) is 207 Å². The molecule has 1 fully saturated rings. The normalized spacial score (nSPS) is 25.2. The molecule has 52 heavy (non-hydrogen) atoms. The minimum absolute atomic E-state index is 0.0173. The molecule has 2 rings (SSSR count). The maximum absolute atomic E-state index is 13.4. The Hall–Kier alpha value is -3.72. The maximum Gasteiger partial charge on any atom is 0.348 e. The van der Waals surface area contributed by atoms with E-state index in [4.69, 9.17) is 33.2 Å². The number of ether oxygens (including phenoxy) is 7. The van der Waals surface area contributed by atoms with Crippen molar-refractivity contribution < 1.29 is 72.1 Å². The van der Waals surface area contributed by atoms with E-state index >= 15 is 0 Å². The molecule has 1 saturated carbocycles. The van der Waals surface area contributed by atoms with Crippen LogP contribution in [0.2, 0.25) is 0 Å².